The first kappa shape index (κ1) is 20.1. The number of pyridine rings is 1. The van der Waals surface area contributed by atoms with Gasteiger partial charge in [-0.15, -0.1) is 0 Å². The Kier molecular flexibility index (Phi) is 6.08. The Morgan fingerprint density at radius 3 is 2.81 bits per heavy atom. The Balaban J connectivity index is 1.72. The molecule has 3 heterocycles. The Morgan fingerprint density at radius 2 is 2.15 bits per heavy atom. The first-order valence-electron chi connectivity index (χ1n) is 8.48. The van der Waals surface area contributed by atoms with Gasteiger partial charge in [-0.25, -0.2) is 8.42 Å². The van der Waals surface area contributed by atoms with Crippen molar-refractivity contribution in [2.24, 2.45) is 0 Å². The molecule has 1 saturated heterocycles. The molecular formula is C17H19Cl2N3O4S. The molecule has 2 aromatic heterocycles. The molecule has 0 N–H and O–H groups in total. The summed E-state index contributed by atoms with van der Waals surface area (Å²) in [6.45, 7) is 1.06. The third-order valence-electron chi connectivity index (χ3n) is 4.52. The number of aromatic nitrogens is 2. The highest BCUT2D eigenvalue weighted by Crippen LogP contribution is 2.31. The van der Waals surface area contributed by atoms with Crippen LogP contribution in [-0.4, -0.2) is 48.7 Å². The van der Waals surface area contributed by atoms with Crippen molar-refractivity contribution in [3.63, 3.8) is 0 Å². The van der Waals surface area contributed by atoms with Gasteiger partial charge in [0.1, 0.15) is 5.76 Å². The molecule has 1 fully saturated rings. The van der Waals surface area contributed by atoms with Crippen molar-refractivity contribution < 1.29 is 17.7 Å². The summed E-state index contributed by atoms with van der Waals surface area (Å²) in [5.41, 5.74) is 0.474. The maximum absolute atomic E-state index is 12.6. The Labute approximate surface area is 167 Å². The van der Waals surface area contributed by atoms with Crippen molar-refractivity contribution >= 4 is 38.9 Å². The number of likely N-dealkylation sites (tertiary alicyclic amines) is 1. The van der Waals surface area contributed by atoms with Gasteiger partial charge in [-0.2, -0.15) is 0 Å². The predicted molar refractivity (Wildman–Crippen MR) is 101 cm³/mol. The molecule has 10 heteroatoms. The van der Waals surface area contributed by atoms with Crippen LogP contribution in [0.2, 0.25) is 10.2 Å². The van der Waals surface area contributed by atoms with Crippen molar-refractivity contribution in [2.75, 3.05) is 19.3 Å². The van der Waals surface area contributed by atoms with Crippen molar-refractivity contribution in [3.05, 3.63) is 40.0 Å². The average Bonchev–Trinajstić information content (AvgIpc) is 3.04. The van der Waals surface area contributed by atoms with Crippen LogP contribution in [0.1, 0.15) is 36.6 Å². The van der Waals surface area contributed by atoms with E-state index in [1.807, 2.05) is 0 Å². The molecule has 1 aliphatic rings. The number of hydrogen-bond donors (Lipinski definition) is 0. The fraction of sp³-hybridized carbons (Fsp3) is 0.471. The maximum Gasteiger partial charge on any atom is 0.223 e. The van der Waals surface area contributed by atoms with Crippen LogP contribution in [0, 0.1) is 0 Å². The lowest BCUT2D eigenvalue weighted by Gasteiger charge is -2.33. The number of nitrogens with zero attached hydrogens (tertiary/aromatic N) is 3. The van der Waals surface area contributed by atoms with Crippen molar-refractivity contribution in [2.45, 2.75) is 36.5 Å². The van der Waals surface area contributed by atoms with E-state index in [2.05, 4.69) is 10.1 Å². The third-order valence-corrected chi connectivity index (χ3v) is 6.03. The molecule has 0 aromatic carbocycles. The summed E-state index contributed by atoms with van der Waals surface area (Å²) in [6.07, 6.45) is 4.80. The maximum atomic E-state index is 12.6. The van der Waals surface area contributed by atoms with E-state index in [1.165, 1.54) is 12.3 Å². The molecule has 146 valence electrons. The molecular weight excluding hydrogens is 413 g/mol. The van der Waals surface area contributed by atoms with Crippen LogP contribution in [0.15, 0.2) is 27.7 Å². The number of sulfone groups is 1. The molecule has 0 radical (unpaired) electrons. The second-order valence-corrected chi connectivity index (χ2v) is 9.41. The summed E-state index contributed by atoms with van der Waals surface area (Å²) in [5.74, 6) is 0.382. The van der Waals surface area contributed by atoms with Gasteiger partial charge in [-0.1, -0.05) is 28.4 Å². The minimum absolute atomic E-state index is 0.0258. The fourth-order valence-electron chi connectivity index (χ4n) is 3.26. The summed E-state index contributed by atoms with van der Waals surface area (Å²) in [6, 6.07) is 3.01. The SMILES string of the molecule is CS(=O)(=O)c1cc(Cl)cnc1C1CCCN(C(=O)CCc2cc(Cl)no2)C1. The van der Waals surface area contributed by atoms with E-state index < -0.39 is 9.84 Å². The first-order chi connectivity index (χ1) is 12.7. The van der Waals surface area contributed by atoms with Crippen LogP contribution in [0.25, 0.3) is 0 Å². The predicted octanol–water partition coefficient (Wildman–Crippen LogP) is 3.12. The molecule has 3 rings (SSSR count). The summed E-state index contributed by atoms with van der Waals surface area (Å²) in [5, 5.41) is 4.12. The second kappa shape index (κ2) is 8.16. The highest BCUT2D eigenvalue weighted by atomic mass is 35.5. The monoisotopic (exact) mass is 431 g/mol. The van der Waals surface area contributed by atoms with Gasteiger partial charge in [0.05, 0.1) is 15.6 Å². The molecule has 1 unspecified atom stereocenters. The molecule has 1 aliphatic heterocycles. The first-order valence-corrected chi connectivity index (χ1v) is 11.1. The number of carbonyl (C=O) groups is 1. The molecule has 1 atom stereocenters. The van der Waals surface area contributed by atoms with Gasteiger partial charge >= 0.3 is 0 Å². The fourth-order valence-corrected chi connectivity index (χ4v) is 4.57. The number of halogens is 2. The second-order valence-electron chi connectivity index (χ2n) is 6.60. The van der Waals surface area contributed by atoms with E-state index in [0.29, 0.717) is 31.0 Å². The number of carbonyl (C=O) groups excluding carboxylic acids is 1. The zero-order valence-corrected chi connectivity index (χ0v) is 17.0. The van der Waals surface area contributed by atoms with Gasteiger partial charge in [0.15, 0.2) is 15.0 Å². The Morgan fingerprint density at radius 1 is 1.37 bits per heavy atom. The molecule has 7 nitrogen and oxygen atoms in total. The van der Waals surface area contributed by atoms with Crippen LogP contribution in [-0.2, 0) is 21.1 Å². The van der Waals surface area contributed by atoms with E-state index in [-0.39, 0.29) is 33.3 Å². The van der Waals surface area contributed by atoms with Gasteiger partial charge < -0.3 is 9.42 Å². The van der Waals surface area contributed by atoms with E-state index >= 15 is 0 Å². The van der Waals surface area contributed by atoms with Gasteiger partial charge in [0.25, 0.3) is 0 Å². The van der Waals surface area contributed by atoms with Crippen LogP contribution in [0.5, 0.6) is 0 Å². The number of amides is 1. The quantitative estimate of drug-likeness (QED) is 0.721. The van der Waals surface area contributed by atoms with E-state index in [4.69, 9.17) is 27.7 Å². The normalized spacial score (nSPS) is 17.9. The summed E-state index contributed by atoms with van der Waals surface area (Å²) < 4.78 is 29.3. The minimum Gasteiger partial charge on any atom is -0.360 e. The number of rotatable bonds is 5. The summed E-state index contributed by atoms with van der Waals surface area (Å²) in [4.78, 5) is 18.7. The van der Waals surface area contributed by atoms with Crippen LogP contribution in [0.3, 0.4) is 0 Å². The molecule has 0 bridgehead atoms. The molecule has 27 heavy (non-hydrogen) atoms. The number of piperidine rings is 1. The van der Waals surface area contributed by atoms with Gasteiger partial charge in [-0.3, -0.25) is 9.78 Å². The average molecular weight is 432 g/mol. The van der Waals surface area contributed by atoms with E-state index in [1.54, 1.807) is 11.0 Å². The zero-order chi connectivity index (χ0) is 19.6. The van der Waals surface area contributed by atoms with Crippen molar-refractivity contribution in [1.82, 2.24) is 15.0 Å². The summed E-state index contributed by atoms with van der Waals surface area (Å²) in [7, 11) is -3.47. The van der Waals surface area contributed by atoms with Crippen LogP contribution < -0.4 is 0 Å². The minimum atomic E-state index is -3.47. The molecule has 2 aromatic rings. The Bertz CT molecular complexity index is 945. The molecule has 0 saturated carbocycles. The largest absolute Gasteiger partial charge is 0.360 e. The van der Waals surface area contributed by atoms with Crippen LogP contribution >= 0.6 is 23.2 Å². The third kappa shape index (κ3) is 5.00. The highest BCUT2D eigenvalue weighted by Gasteiger charge is 2.29. The van der Waals surface area contributed by atoms with E-state index in [0.717, 1.165) is 19.1 Å². The van der Waals surface area contributed by atoms with Crippen LogP contribution in [0.4, 0.5) is 0 Å². The number of aryl methyl sites for hydroxylation is 1. The van der Waals surface area contributed by atoms with Gasteiger partial charge in [-0.05, 0) is 18.9 Å². The topological polar surface area (TPSA) is 93.4 Å². The number of hydrogen-bond acceptors (Lipinski definition) is 6. The van der Waals surface area contributed by atoms with E-state index in [9.17, 15) is 13.2 Å². The lowest BCUT2D eigenvalue weighted by atomic mass is 9.94. The van der Waals surface area contributed by atoms with Crippen molar-refractivity contribution in [1.29, 1.82) is 0 Å². The molecule has 0 aliphatic carbocycles. The highest BCUT2D eigenvalue weighted by molar-refractivity contribution is 7.90. The molecule has 1 amide bonds. The van der Waals surface area contributed by atoms with Gasteiger partial charge in [0, 0.05) is 50.4 Å². The van der Waals surface area contributed by atoms with Gasteiger partial charge in [0.2, 0.25) is 5.91 Å². The lowest BCUT2D eigenvalue weighted by molar-refractivity contribution is -0.132. The lowest BCUT2D eigenvalue weighted by Crippen LogP contribution is -2.39. The smallest absolute Gasteiger partial charge is 0.223 e. The zero-order valence-electron chi connectivity index (χ0n) is 14.7. The standard InChI is InChI=1S/C17H19Cl2N3O4S/c1-27(24,25)14-7-12(18)9-20-17(14)11-3-2-6-22(10-11)16(23)5-4-13-8-15(19)21-26-13/h7-9,11H,2-6,10H2,1H3. The van der Waals surface area contributed by atoms with Crippen molar-refractivity contribution in [3.8, 4) is 0 Å². The summed E-state index contributed by atoms with van der Waals surface area (Å²) >= 11 is 11.6. The molecule has 0 spiro atoms. The Hall–Kier alpha value is -1.64.